The van der Waals surface area contributed by atoms with Crippen molar-refractivity contribution in [2.24, 2.45) is 0 Å². The Morgan fingerprint density at radius 2 is 2.00 bits per heavy atom. The molecule has 70 valence electrons. The average Bonchev–Trinajstić information content (AvgIpc) is 2.14. The maximum absolute atomic E-state index is 4.06. The molecule has 0 aliphatic heterocycles. The number of hydrogen-bond acceptors (Lipinski definition) is 2. The predicted molar refractivity (Wildman–Crippen MR) is 52.7 cm³/mol. The van der Waals surface area contributed by atoms with Crippen LogP contribution in [0.1, 0.15) is 26.3 Å². The summed E-state index contributed by atoms with van der Waals surface area (Å²) in [6, 6.07) is 0. The molecule has 3 heteroatoms. The van der Waals surface area contributed by atoms with Crippen molar-refractivity contribution in [1.29, 1.82) is 0 Å². The zero-order valence-corrected chi connectivity index (χ0v) is 8.28. The maximum Gasteiger partial charge on any atom is 0.115 e. The SMILES string of the molecule is CC(C)(C)c1cncncc[nH]c1. The molecule has 0 unspecified atom stereocenters. The maximum atomic E-state index is 4.06. The van der Waals surface area contributed by atoms with E-state index < -0.39 is 0 Å². The molecule has 0 aliphatic carbocycles. The van der Waals surface area contributed by atoms with E-state index in [-0.39, 0.29) is 5.41 Å². The number of aromatic amines is 1. The van der Waals surface area contributed by atoms with Gasteiger partial charge < -0.3 is 4.98 Å². The van der Waals surface area contributed by atoms with Gasteiger partial charge in [0.05, 0.1) is 0 Å². The van der Waals surface area contributed by atoms with E-state index in [1.807, 2.05) is 12.4 Å². The molecule has 0 spiro atoms. The molecule has 0 fully saturated rings. The smallest absolute Gasteiger partial charge is 0.115 e. The van der Waals surface area contributed by atoms with Gasteiger partial charge >= 0.3 is 0 Å². The molecule has 0 amide bonds. The van der Waals surface area contributed by atoms with Crippen LogP contribution in [0.5, 0.6) is 0 Å². The molecule has 0 saturated heterocycles. The second-order valence-corrected chi connectivity index (χ2v) is 3.87. The highest BCUT2D eigenvalue weighted by atomic mass is 14.8. The van der Waals surface area contributed by atoms with Gasteiger partial charge in [-0.25, -0.2) is 9.97 Å². The zero-order chi connectivity index (χ0) is 9.73. The van der Waals surface area contributed by atoms with Gasteiger partial charge in [0.15, 0.2) is 0 Å². The number of nitrogens with zero attached hydrogens (tertiary/aromatic N) is 2. The first-order valence-corrected chi connectivity index (χ1v) is 4.27. The van der Waals surface area contributed by atoms with Crippen molar-refractivity contribution in [2.75, 3.05) is 0 Å². The minimum atomic E-state index is 0.0997. The highest BCUT2D eigenvalue weighted by Gasteiger charge is 2.11. The first-order chi connectivity index (χ1) is 6.11. The largest absolute Gasteiger partial charge is 0.366 e. The van der Waals surface area contributed by atoms with E-state index in [1.165, 1.54) is 6.33 Å². The summed E-state index contributed by atoms with van der Waals surface area (Å²) in [6.45, 7) is 6.43. The molecule has 0 radical (unpaired) electrons. The Morgan fingerprint density at radius 1 is 1.23 bits per heavy atom. The van der Waals surface area contributed by atoms with Crippen molar-refractivity contribution >= 4 is 0 Å². The Balaban J connectivity index is 3.20. The molecule has 3 nitrogen and oxygen atoms in total. The molecule has 0 atom stereocenters. The van der Waals surface area contributed by atoms with Crippen molar-refractivity contribution in [3.05, 3.63) is 36.7 Å². The van der Waals surface area contributed by atoms with Crippen LogP contribution in [0.15, 0.2) is 31.1 Å². The minimum absolute atomic E-state index is 0.0997. The second kappa shape index (κ2) is 4.03. The number of hydrogen-bond donors (Lipinski definition) is 1. The van der Waals surface area contributed by atoms with Crippen molar-refractivity contribution in [3.63, 3.8) is 0 Å². The molecule has 1 N–H and O–H groups in total. The number of rotatable bonds is 0. The predicted octanol–water partition coefficient (Wildman–Crippen LogP) is 2.23. The van der Waals surface area contributed by atoms with Gasteiger partial charge in [-0.15, -0.1) is 0 Å². The molecule has 1 aromatic heterocycles. The van der Waals surface area contributed by atoms with Gasteiger partial charge in [-0.1, -0.05) is 20.8 Å². The summed E-state index contributed by atoms with van der Waals surface area (Å²) < 4.78 is 0. The summed E-state index contributed by atoms with van der Waals surface area (Å²) in [5.74, 6) is 0. The molecule has 0 bridgehead atoms. The fourth-order valence-electron chi connectivity index (χ4n) is 0.862. The molecule has 0 saturated carbocycles. The van der Waals surface area contributed by atoms with Gasteiger partial charge in [0.2, 0.25) is 0 Å². The first-order valence-electron chi connectivity index (χ1n) is 4.27. The van der Waals surface area contributed by atoms with E-state index in [0.717, 1.165) is 5.56 Å². The Kier molecular flexibility index (Phi) is 3.01. The van der Waals surface area contributed by atoms with Gasteiger partial charge in [-0.2, -0.15) is 0 Å². The molecule has 0 aliphatic rings. The molecular weight excluding hydrogens is 162 g/mol. The summed E-state index contributed by atoms with van der Waals surface area (Å²) in [5.41, 5.74) is 1.24. The van der Waals surface area contributed by atoms with Gasteiger partial charge in [-0.05, 0) is 11.0 Å². The fourth-order valence-corrected chi connectivity index (χ4v) is 0.862. The van der Waals surface area contributed by atoms with E-state index in [2.05, 4.69) is 35.7 Å². The molecule has 1 aromatic rings. The van der Waals surface area contributed by atoms with E-state index in [9.17, 15) is 0 Å². The van der Waals surface area contributed by atoms with Gasteiger partial charge in [0.25, 0.3) is 0 Å². The van der Waals surface area contributed by atoms with Crippen LogP contribution in [0.3, 0.4) is 0 Å². The van der Waals surface area contributed by atoms with E-state index in [0.29, 0.717) is 0 Å². The van der Waals surface area contributed by atoms with Crippen LogP contribution in [-0.2, 0) is 5.41 Å². The summed E-state index contributed by atoms with van der Waals surface area (Å²) in [4.78, 5) is 11.0. The van der Waals surface area contributed by atoms with E-state index in [4.69, 9.17) is 0 Å². The van der Waals surface area contributed by atoms with E-state index >= 15 is 0 Å². The zero-order valence-electron chi connectivity index (χ0n) is 8.28. The van der Waals surface area contributed by atoms with Crippen LogP contribution >= 0.6 is 0 Å². The molecule has 0 aromatic carbocycles. The number of nitrogens with one attached hydrogen (secondary N) is 1. The van der Waals surface area contributed by atoms with Crippen LogP contribution in [0.25, 0.3) is 0 Å². The summed E-state index contributed by atoms with van der Waals surface area (Å²) in [7, 11) is 0. The van der Waals surface area contributed by atoms with Crippen LogP contribution in [0.4, 0.5) is 0 Å². The lowest BCUT2D eigenvalue weighted by atomic mass is 9.90. The van der Waals surface area contributed by atoms with Gasteiger partial charge in [0.1, 0.15) is 6.33 Å². The van der Waals surface area contributed by atoms with Crippen molar-refractivity contribution in [1.82, 2.24) is 15.0 Å². The second-order valence-electron chi connectivity index (χ2n) is 3.87. The van der Waals surface area contributed by atoms with Gasteiger partial charge in [0, 0.05) is 24.8 Å². The molecule has 13 heavy (non-hydrogen) atoms. The Labute approximate surface area is 78.6 Å². The molecular formula is C10H15N3. The third-order valence-electron chi connectivity index (χ3n) is 1.71. The number of aromatic nitrogens is 3. The Bertz CT molecular complexity index is 284. The first kappa shape index (κ1) is 9.71. The highest BCUT2D eigenvalue weighted by Crippen LogP contribution is 2.18. The number of H-pyrrole nitrogens is 1. The third-order valence-corrected chi connectivity index (χ3v) is 1.71. The lowest BCUT2D eigenvalue weighted by Crippen LogP contribution is -2.10. The summed E-state index contributed by atoms with van der Waals surface area (Å²) in [5, 5.41) is 0. The average molecular weight is 177 g/mol. The van der Waals surface area contributed by atoms with Crippen LogP contribution in [0, 0.1) is 0 Å². The van der Waals surface area contributed by atoms with Crippen LogP contribution in [-0.4, -0.2) is 15.0 Å². The lowest BCUT2D eigenvalue weighted by molar-refractivity contribution is 0.586. The normalized spacial score (nSPS) is 10.7. The standard InChI is InChI=1S/C10H15N3/c1-10(2,3)9-6-11-4-5-12-8-13-7-9/h4-8,11H,1-3H3. The third kappa shape index (κ3) is 3.23. The summed E-state index contributed by atoms with van der Waals surface area (Å²) >= 11 is 0. The molecule has 1 rings (SSSR count). The highest BCUT2D eigenvalue weighted by molar-refractivity contribution is 5.12. The lowest BCUT2D eigenvalue weighted by Gasteiger charge is -2.16. The monoisotopic (exact) mass is 177 g/mol. The van der Waals surface area contributed by atoms with Crippen LogP contribution < -0.4 is 0 Å². The Hall–Kier alpha value is -1.38. The van der Waals surface area contributed by atoms with Crippen molar-refractivity contribution < 1.29 is 0 Å². The Morgan fingerprint density at radius 3 is 2.69 bits per heavy atom. The molecule has 1 heterocycles. The fraction of sp³-hybridized carbons (Fsp3) is 0.400. The summed E-state index contributed by atoms with van der Waals surface area (Å²) in [6.07, 6.45) is 8.73. The van der Waals surface area contributed by atoms with Gasteiger partial charge in [-0.3, -0.25) is 0 Å². The van der Waals surface area contributed by atoms with E-state index in [1.54, 1.807) is 12.4 Å². The van der Waals surface area contributed by atoms with Crippen LogP contribution in [0.2, 0.25) is 0 Å². The topological polar surface area (TPSA) is 41.6 Å². The quantitative estimate of drug-likeness (QED) is 0.660. The minimum Gasteiger partial charge on any atom is -0.366 e. The van der Waals surface area contributed by atoms with Crippen molar-refractivity contribution in [2.45, 2.75) is 26.2 Å². The van der Waals surface area contributed by atoms with Crippen molar-refractivity contribution in [3.8, 4) is 0 Å².